The van der Waals surface area contributed by atoms with Crippen LogP contribution in [0.4, 0.5) is 0 Å². The molecule has 0 amide bonds. The summed E-state index contributed by atoms with van der Waals surface area (Å²) < 4.78 is 0. The van der Waals surface area contributed by atoms with E-state index in [9.17, 15) is 0 Å². The fraction of sp³-hybridized carbons (Fsp3) is 0.727. The molecular formula is C11H16N2S. The highest BCUT2D eigenvalue weighted by atomic mass is 32.1. The molecule has 2 unspecified atom stereocenters. The Morgan fingerprint density at radius 1 is 1.36 bits per heavy atom. The Labute approximate surface area is 89.0 Å². The van der Waals surface area contributed by atoms with E-state index in [1.54, 1.807) is 0 Å². The number of rotatable bonds is 1. The van der Waals surface area contributed by atoms with Crippen LogP contribution < -0.4 is 0 Å². The van der Waals surface area contributed by atoms with E-state index in [4.69, 9.17) is 0 Å². The third kappa shape index (κ3) is 1.30. The average molecular weight is 208 g/mol. The maximum atomic E-state index is 4.46. The van der Waals surface area contributed by atoms with Crippen molar-refractivity contribution >= 4 is 11.3 Å². The summed E-state index contributed by atoms with van der Waals surface area (Å²) in [4.78, 5) is 7.05. The number of hydrogen-bond acceptors (Lipinski definition) is 3. The summed E-state index contributed by atoms with van der Waals surface area (Å²) >= 11 is 1.83. The van der Waals surface area contributed by atoms with Crippen molar-refractivity contribution in [1.29, 1.82) is 0 Å². The van der Waals surface area contributed by atoms with Crippen LogP contribution in [-0.4, -0.2) is 29.0 Å². The molecule has 2 aliphatic heterocycles. The van der Waals surface area contributed by atoms with Crippen molar-refractivity contribution < 1.29 is 0 Å². The van der Waals surface area contributed by atoms with Crippen molar-refractivity contribution in [3.05, 3.63) is 16.6 Å². The summed E-state index contributed by atoms with van der Waals surface area (Å²) in [7, 11) is 2.29. The highest BCUT2D eigenvalue weighted by Crippen LogP contribution is 2.42. The molecule has 2 aliphatic rings. The van der Waals surface area contributed by atoms with Crippen LogP contribution in [0.3, 0.4) is 0 Å². The van der Waals surface area contributed by atoms with Crippen LogP contribution in [0.15, 0.2) is 11.6 Å². The van der Waals surface area contributed by atoms with Crippen LogP contribution in [0, 0.1) is 0 Å². The molecule has 0 aromatic carbocycles. The van der Waals surface area contributed by atoms with E-state index >= 15 is 0 Å². The Balaban J connectivity index is 1.80. The second kappa shape index (κ2) is 3.31. The van der Waals surface area contributed by atoms with Crippen LogP contribution >= 0.6 is 11.3 Å². The van der Waals surface area contributed by atoms with Gasteiger partial charge in [0.25, 0.3) is 0 Å². The third-order valence-electron chi connectivity index (χ3n) is 3.90. The second-order valence-electron chi connectivity index (χ2n) is 4.59. The SMILES string of the molecule is CN1C2CCC1CC(c1nccs1)C2. The lowest BCUT2D eigenvalue weighted by Gasteiger charge is -2.35. The molecule has 2 bridgehead atoms. The van der Waals surface area contributed by atoms with Crippen molar-refractivity contribution in [2.75, 3.05) is 7.05 Å². The summed E-state index contributed by atoms with van der Waals surface area (Å²) in [6.07, 6.45) is 7.42. The molecule has 2 nitrogen and oxygen atoms in total. The Morgan fingerprint density at radius 3 is 2.64 bits per heavy atom. The number of nitrogens with zero attached hydrogens (tertiary/aromatic N) is 2. The van der Waals surface area contributed by atoms with E-state index in [-0.39, 0.29) is 0 Å². The largest absolute Gasteiger partial charge is 0.300 e. The molecule has 2 fully saturated rings. The maximum absolute atomic E-state index is 4.46. The molecule has 0 radical (unpaired) electrons. The first-order chi connectivity index (χ1) is 6.84. The zero-order valence-electron chi connectivity index (χ0n) is 8.52. The molecule has 0 N–H and O–H groups in total. The highest BCUT2D eigenvalue weighted by Gasteiger charge is 2.39. The molecule has 3 heteroatoms. The molecule has 2 atom stereocenters. The molecule has 0 aliphatic carbocycles. The standard InChI is InChI=1S/C11H16N2S/c1-13-9-2-3-10(13)7-8(6-9)11-12-4-5-14-11/h4-5,8-10H,2-3,6-7H2,1H3. The van der Waals surface area contributed by atoms with E-state index < -0.39 is 0 Å². The minimum atomic E-state index is 0.753. The molecule has 0 spiro atoms. The van der Waals surface area contributed by atoms with Crippen LogP contribution in [0.25, 0.3) is 0 Å². The molecule has 3 heterocycles. The summed E-state index contributed by atoms with van der Waals surface area (Å²) in [5, 5.41) is 3.48. The van der Waals surface area contributed by atoms with Crippen LogP contribution in [-0.2, 0) is 0 Å². The number of aromatic nitrogens is 1. The number of thiazole rings is 1. The summed E-state index contributed by atoms with van der Waals surface area (Å²) in [6, 6.07) is 1.67. The van der Waals surface area contributed by atoms with Gasteiger partial charge in [-0.25, -0.2) is 4.98 Å². The van der Waals surface area contributed by atoms with Crippen LogP contribution in [0.5, 0.6) is 0 Å². The molecule has 14 heavy (non-hydrogen) atoms. The normalized spacial score (nSPS) is 37.6. The fourth-order valence-electron chi connectivity index (χ4n) is 3.05. The number of piperidine rings is 1. The predicted octanol–water partition coefficient (Wildman–Crippen LogP) is 2.48. The Hall–Kier alpha value is -0.410. The van der Waals surface area contributed by atoms with Gasteiger partial charge in [-0.05, 0) is 32.7 Å². The lowest BCUT2D eigenvalue weighted by atomic mass is 9.92. The molecule has 3 rings (SSSR count). The van der Waals surface area contributed by atoms with Crippen LogP contribution in [0.1, 0.15) is 36.6 Å². The van der Waals surface area contributed by atoms with Gasteiger partial charge in [0.05, 0.1) is 5.01 Å². The van der Waals surface area contributed by atoms with Crippen molar-refractivity contribution in [2.45, 2.75) is 43.7 Å². The zero-order valence-corrected chi connectivity index (χ0v) is 9.33. The van der Waals surface area contributed by atoms with Gasteiger partial charge in [0, 0.05) is 29.6 Å². The molecule has 2 saturated heterocycles. The first-order valence-corrected chi connectivity index (χ1v) is 6.34. The quantitative estimate of drug-likeness (QED) is 0.705. The lowest BCUT2D eigenvalue weighted by Crippen LogP contribution is -2.39. The Kier molecular flexibility index (Phi) is 2.10. The minimum absolute atomic E-state index is 0.753. The minimum Gasteiger partial charge on any atom is -0.300 e. The number of fused-ring (bicyclic) bond motifs is 2. The van der Waals surface area contributed by atoms with Gasteiger partial charge >= 0.3 is 0 Å². The fourth-order valence-corrected chi connectivity index (χ4v) is 3.82. The lowest BCUT2D eigenvalue weighted by molar-refractivity contribution is 0.161. The predicted molar refractivity (Wildman–Crippen MR) is 58.7 cm³/mol. The van der Waals surface area contributed by atoms with Crippen molar-refractivity contribution in [3.63, 3.8) is 0 Å². The Bertz CT molecular complexity index is 295. The molecule has 76 valence electrons. The van der Waals surface area contributed by atoms with Gasteiger partial charge in [-0.3, -0.25) is 0 Å². The van der Waals surface area contributed by atoms with Gasteiger partial charge in [0.1, 0.15) is 0 Å². The number of hydrogen-bond donors (Lipinski definition) is 0. The third-order valence-corrected chi connectivity index (χ3v) is 4.84. The summed E-state index contributed by atoms with van der Waals surface area (Å²) in [6.45, 7) is 0. The van der Waals surface area contributed by atoms with Crippen LogP contribution in [0.2, 0.25) is 0 Å². The smallest absolute Gasteiger partial charge is 0.0956 e. The van der Waals surface area contributed by atoms with Crippen molar-refractivity contribution in [1.82, 2.24) is 9.88 Å². The van der Waals surface area contributed by atoms with Crippen molar-refractivity contribution in [2.24, 2.45) is 0 Å². The van der Waals surface area contributed by atoms with Gasteiger partial charge in [-0.1, -0.05) is 0 Å². The molecular weight excluding hydrogens is 192 g/mol. The Morgan fingerprint density at radius 2 is 2.07 bits per heavy atom. The molecule has 0 saturated carbocycles. The van der Waals surface area contributed by atoms with Gasteiger partial charge in [-0.2, -0.15) is 0 Å². The van der Waals surface area contributed by atoms with E-state index in [0.29, 0.717) is 0 Å². The highest BCUT2D eigenvalue weighted by molar-refractivity contribution is 7.09. The van der Waals surface area contributed by atoms with E-state index in [0.717, 1.165) is 18.0 Å². The topological polar surface area (TPSA) is 16.1 Å². The van der Waals surface area contributed by atoms with E-state index in [2.05, 4.69) is 22.3 Å². The first-order valence-electron chi connectivity index (χ1n) is 5.46. The average Bonchev–Trinajstić information content (AvgIpc) is 2.75. The second-order valence-corrected chi connectivity index (χ2v) is 5.52. The zero-order chi connectivity index (χ0) is 9.54. The molecule has 1 aromatic heterocycles. The first kappa shape index (κ1) is 8.86. The summed E-state index contributed by atoms with van der Waals surface area (Å²) in [5.41, 5.74) is 0. The van der Waals surface area contributed by atoms with Crippen molar-refractivity contribution in [3.8, 4) is 0 Å². The molecule has 1 aromatic rings. The van der Waals surface area contributed by atoms with E-state index in [1.807, 2.05) is 17.5 Å². The van der Waals surface area contributed by atoms with Gasteiger partial charge in [0.15, 0.2) is 0 Å². The summed E-state index contributed by atoms with van der Waals surface area (Å²) in [5.74, 6) is 0.753. The van der Waals surface area contributed by atoms with Gasteiger partial charge in [0.2, 0.25) is 0 Å². The monoisotopic (exact) mass is 208 g/mol. The van der Waals surface area contributed by atoms with Gasteiger partial charge < -0.3 is 4.90 Å². The van der Waals surface area contributed by atoms with Gasteiger partial charge in [-0.15, -0.1) is 11.3 Å². The van der Waals surface area contributed by atoms with E-state index in [1.165, 1.54) is 30.7 Å². The maximum Gasteiger partial charge on any atom is 0.0956 e.